The smallest absolute Gasteiger partial charge is 0.308 e. The van der Waals surface area contributed by atoms with E-state index in [9.17, 15) is 18.8 Å². The maximum absolute atomic E-state index is 13.0. The maximum atomic E-state index is 13.0. The van der Waals surface area contributed by atoms with Gasteiger partial charge in [0.05, 0.1) is 12.5 Å². The Hall–Kier alpha value is -3.22. The van der Waals surface area contributed by atoms with Gasteiger partial charge in [0, 0.05) is 12.1 Å². The van der Waals surface area contributed by atoms with Gasteiger partial charge in [-0.2, -0.15) is 0 Å². The van der Waals surface area contributed by atoms with Crippen LogP contribution in [-0.4, -0.2) is 30.4 Å². The average Bonchev–Trinajstić information content (AvgIpc) is 2.68. The number of rotatable bonds is 8. The lowest BCUT2D eigenvalue weighted by Gasteiger charge is -2.18. The van der Waals surface area contributed by atoms with Crippen molar-refractivity contribution in [2.24, 2.45) is 0 Å². The van der Waals surface area contributed by atoms with E-state index in [0.717, 1.165) is 11.1 Å². The molecule has 2 N–H and O–H groups in total. The van der Waals surface area contributed by atoms with Crippen LogP contribution >= 0.6 is 0 Å². The monoisotopic (exact) mass is 400 g/mol. The molecule has 0 aromatic heterocycles. The number of aryl methyl sites for hydroxylation is 1. The zero-order valence-corrected chi connectivity index (χ0v) is 16.7. The minimum Gasteiger partial charge on any atom is -0.452 e. The Morgan fingerprint density at radius 2 is 1.69 bits per heavy atom. The Labute approximate surface area is 169 Å². The maximum Gasteiger partial charge on any atom is 0.308 e. The lowest BCUT2D eigenvalue weighted by molar-refractivity contribution is -0.154. The van der Waals surface area contributed by atoms with Crippen molar-refractivity contribution in [2.45, 2.75) is 39.3 Å². The van der Waals surface area contributed by atoms with Crippen molar-refractivity contribution in [3.8, 4) is 0 Å². The standard InChI is InChI=1S/C22H25FN2O4/c1-14-6-4-5-7-19(14)22(28)24-13-12-20(26)29-16(3)21(27)25-15(2)17-8-10-18(23)11-9-17/h4-11,15-16H,12-13H2,1-3H3,(H,24,28)(H,25,27). The molecule has 2 aromatic rings. The van der Waals surface area contributed by atoms with Crippen LogP contribution in [0.15, 0.2) is 48.5 Å². The second-order valence-electron chi connectivity index (χ2n) is 6.73. The van der Waals surface area contributed by atoms with E-state index in [1.807, 2.05) is 19.1 Å². The Kier molecular flexibility index (Phi) is 7.88. The topological polar surface area (TPSA) is 84.5 Å². The van der Waals surface area contributed by atoms with Crippen molar-refractivity contribution in [3.63, 3.8) is 0 Å². The number of esters is 1. The van der Waals surface area contributed by atoms with Crippen LogP contribution in [-0.2, 0) is 14.3 Å². The molecule has 0 fully saturated rings. The van der Waals surface area contributed by atoms with E-state index in [1.165, 1.54) is 19.1 Å². The SMILES string of the molecule is Cc1ccccc1C(=O)NCCC(=O)OC(C)C(=O)NC(C)c1ccc(F)cc1. The summed E-state index contributed by atoms with van der Waals surface area (Å²) >= 11 is 0. The summed E-state index contributed by atoms with van der Waals surface area (Å²) in [5.41, 5.74) is 2.12. The molecule has 2 aromatic carbocycles. The van der Waals surface area contributed by atoms with Crippen LogP contribution in [0.3, 0.4) is 0 Å². The fraction of sp³-hybridized carbons (Fsp3) is 0.318. The largest absolute Gasteiger partial charge is 0.452 e. The molecule has 2 atom stereocenters. The first-order valence-corrected chi connectivity index (χ1v) is 9.37. The summed E-state index contributed by atoms with van der Waals surface area (Å²) in [7, 11) is 0. The molecule has 0 heterocycles. The Balaban J connectivity index is 1.75. The first kappa shape index (κ1) is 22.1. The molecule has 0 saturated heterocycles. The first-order valence-electron chi connectivity index (χ1n) is 9.37. The molecule has 0 aliphatic carbocycles. The number of halogens is 1. The van der Waals surface area contributed by atoms with Gasteiger partial charge in [-0.15, -0.1) is 0 Å². The second-order valence-corrected chi connectivity index (χ2v) is 6.73. The van der Waals surface area contributed by atoms with Gasteiger partial charge in [-0.05, 0) is 50.1 Å². The van der Waals surface area contributed by atoms with Gasteiger partial charge in [0.25, 0.3) is 11.8 Å². The summed E-state index contributed by atoms with van der Waals surface area (Å²) in [4.78, 5) is 36.2. The normalized spacial score (nSPS) is 12.6. The number of amides is 2. The fourth-order valence-corrected chi connectivity index (χ4v) is 2.68. The van der Waals surface area contributed by atoms with Crippen molar-refractivity contribution < 1.29 is 23.5 Å². The molecule has 0 bridgehead atoms. The van der Waals surface area contributed by atoms with Crippen molar-refractivity contribution in [1.82, 2.24) is 10.6 Å². The average molecular weight is 400 g/mol. The Bertz CT molecular complexity index is 867. The van der Waals surface area contributed by atoms with Crippen LogP contribution in [0.25, 0.3) is 0 Å². The predicted octanol–water partition coefficient (Wildman–Crippen LogP) is 3.06. The molecular weight excluding hydrogens is 375 g/mol. The quantitative estimate of drug-likeness (QED) is 0.667. The third-order valence-electron chi connectivity index (χ3n) is 4.41. The zero-order chi connectivity index (χ0) is 21.4. The molecule has 29 heavy (non-hydrogen) atoms. The van der Waals surface area contributed by atoms with Gasteiger partial charge < -0.3 is 15.4 Å². The van der Waals surface area contributed by atoms with E-state index in [1.54, 1.807) is 31.2 Å². The number of benzene rings is 2. The minimum absolute atomic E-state index is 0.0528. The number of hydrogen-bond donors (Lipinski definition) is 2. The van der Waals surface area contributed by atoms with Gasteiger partial charge in [-0.1, -0.05) is 30.3 Å². The summed E-state index contributed by atoms with van der Waals surface area (Å²) in [5, 5.41) is 5.37. The van der Waals surface area contributed by atoms with Gasteiger partial charge in [-0.3, -0.25) is 14.4 Å². The summed E-state index contributed by atoms with van der Waals surface area (Å²) < 4.78 is 18.1. The number of carbonyl (C=O) groups excluding carboxylic acids is 3. The molecule has 2 amide bonds. The van der Waals surface area contributed by atoms with Crippen LogP contribution in [0.5, 0.6) is 0 Å². The Morgan fingerprint density at radius 1 is 1.03 bits per heavy atom. The van der Waals surface area contributed by atoms with Gasteiger partial charge in [0.15, 0.2) is 6.10 Å². The van der Waals surface area contributed by atoms with Crippen LogP contribution in [0.4, 0.5) is 4.39 Å². The van der Waals surface area contributed by atoms with Crippen molar-refractivity contribution in [2.75, 3.05) is 6.54 Å². The molecule has 0 radical (unpaired) electrons. The number of ether oxygens (including phenoxy) is 1. The number of hydrogen-bond acceptors (Lipinski definition) is 4. The third-order valence-corrected chi connectivity index (χ3v) is 4.41. The summed E-state index contributed by atoms with van der Waals surface area (Å²) in [5.74, 6) is -1.68. The molecule has 0 aliphatic heterocycles. The molecule has 2 rings (SSSR count). The van der Waals surface area contributed by atoms with E-state index in [-0.39, 0.29) is 30.7 Å². The van der Waals surface area contributed by atoms with Gasteiger partial charge >= 0.3 is 5.97 Å². The highest BCUT2D eigenvalue weighted by atomic mass is 19.1. The lowest BCUT2D eigenvalue weighted by atomic mass is 10.1. The molecule has 154 valence electrons. The fourth-order valence-electron chi connectivity index (χ4n) is 2.68. The van der Waals surface area contributed by atoms with Crippen LogP contribution in [0.1, 0.15) is 47.8 Å². The summed E-state index contributed by atoms with van der Waals surface area (Å²) in [6.07, 6.45) is -1.04. The highest BCUT2D eigenvalue weighted by Crippen LogP contribution is 2.13. The van der Waals surface area contributed by atoms with Crippen molar-refractivity contribution in [3.05, 3.63) is 71.0 Å². The third kappa shape index (κ3) is 6.71. The van der Waals surface area contributed by atoms with Crippen molar-refractivity contribution >= 4 is 17.8 Å². The zero-order valence-electron chi connectivity index (χ0n) is 16.7. The van der Waals surface area contributed by atoms with Crippen LogP contribution in [0, 0.1) is 12.7 Å². The van der Waals surface area contributed by atoms with Crippen molar-refractivity contribution in [1.29, 1.82) is 0 Å². The first-order chi connectivity index (χ1) is 13.8. The van der Waals surface area contributed by atoms with Gasteiger partial charge in [0.1, 0.15) is 5.82 Å². The summed E-state index contributed by atoms with van der Waals surface area (Å²) in [6, 6.07) is 12.6. The highest BCUT2D eigenvalue weighted by Gasteiger charge is 2.20. The van der Waals surface area contributed by atoms with E-state index in [4.69, 9.17) is 4.74 Å². The van der Waals surface area contributed by atoms with Crippen LogP contribution in [0.2, 0.25) is 0 Å². The van der Waals surface area contributed by atoms with E-state index >= 15 is 0 Å². The van der Waals surface area contributed by atoms with E-state index in [0.29, 0.717) is 5.56 Å². The number of nitrogens with one attached hydrogen (secondary N) is 2. The number of carbonyl (C=O) groups is 3. The lowest BCUT2D eigenvalue weighted by Crippen LogP contribution is -2.37. The molecule has 0 saturated carbocycles. The minimum atomic E-state index is -0.988. The van der Waals surface area contributed by atoms with Crippen LogP contribution < -0.4 is 10.6 Å². The molecule has 0 aliphatic rings. The van der Waals surface area contributed by atoms with Gasteiger partial charge in [-0.25, -0.2) is 4.39 Å². The second kappa shape index (κ2) is 10.4. The summed E-state index contributed by atoms with van der Waals surface area (Å²) in [6.45, 7) is 5.15. The Morgan fingerprint density at radius 3 is 2.34 bits per heavy atom. The highest BCUT2D eigenvalue weighted by molar-refractivity contribution is 5.95. The molecule has 0 spiro atoms. The molecule has 2 unspecified atom stereocenters. The van der Waals surface area contributed by atoms with Gasteiger partial charge in [0.2, 0.25) is 0 Å². The van der Waals surface area contributed by atoms with E-state index in [2.05, 4.69) is 10.6 Å². The molecule has 7 heteroatoms. The predicted molar refractivity (Wildman–Crippen MR) is 107 cm³/mol. The van der Waals surface area contributed by atoms with E-state index < -0.39 is 18.0 Å². The molecule has 6 nitrogen and oxygen atoms in total. The molecular formula is C22H25FN2O4.